The van der Waals surface area contributed by atoms with Crippen LogP contribution in [0.25, 0.3) is 0 Å². The van der Waals surface area contributed by atoms with Gasteiger partial charge in [-0.15, -0.1) is 5.10 Å². The lowest BCUT2D eigenvalue weighted by molar-refractivity contribution is 0.480. The van der Waals surface area contributed by atoms with E-state index >= 15 is 0 Å². The highest BCUT2D eigenvalue weighted by Gasteiger charge is 2.00. The van der Waals surface area contributed by atoms with Crippen LogP contribution in [0.2, 0.25) is 0 Å². The van der Waals surface area contributed by atoms with Crippen LogP contribution < -0.4 is 5.73 Å². The Morgan fingerprint density at radius 2 is 2.27 bits per heavy atom. The smallest absolute Gasteiger partial charge is 0.284 e. The zero-order valence-electron chi connectivity index (χ0n) is 8.06. The number of nitrogens with two attached hydrogens (primary N) is 1. The average Bonchev–Trinajstić information content (AvgIpc) is 2.62. The maximum absolute atomic E-state index is 5.67. The van der Waals surface area contributed by atoms with E-state index in [0.29, 0.717) is 10.7 Å². The summed E-state index contributed by atoms with van der Waals surface area (Å²) < 4.78 is 5.15. The zero-order chi connectivity index (χ0) is 10.7. The van der Waals surface area contributed by atoms with Gasteiger partial charge in [-0.2, -0.15) is 0 Å². The minimum absolute atomic E-state index is 0.317. The maximum Gasteiger partial charge on any atom is 0.284 e. The van der Waals surface area contributed by atoms with Crippen molar-refractivity contribution >= 4 is 17.9 Å². The third kappa shape index (κ3) is 2.66. The van der Waals surface area contributed by atoms with Crippen molar-refractivity contribution in [2.45, 2.75) is 12.8 Å². The summed E-state index contributed by atoms with van der Waals surface area (Å²) in [5.41, 5.74) is 7.61. The molecule has 0 radical (unpaired) electrons. The number of aromatic amines is 1. The number of anilines is 1. The molecule has 1 aromatic heterocycles. The summed E-state index contributed by atoms with van der Waals surface area (Å²) in [4.78, 5) is 0.317. The van der Waals surface area contributed by atoms with Crippen LogP contribution in [0, 0.1) is 4.84 Å². The predicted octanol–water partition coefficient (Wildman–Crippen LogP) is 2.10. The molecule has 1 heterocycles. The van der Waals surface area contributed by atoms with Gasteiger partial charge >= 0.3 is 0 Å². The van der Waals surface area contributed by atoms with Crippen LogP contribution in [-0.4, -0.2) is 10.2 Å². The highest BCUT2D eigenvalue weighted by Crippen LogP contribution is 2.09. The second kappa shape index (κ2) is 4.27. The molecule has 0 bridgehead atoms. The minimum atomic E-state index is 0.317. The van der Waals surface area contributed by atoms with Crippen LogP contribution in [0.15, 0.2) is 28.7 Å². The topological polar surface area (TPSA) is 67.8 Å². The number of nitrogen functional groups attached to an aromatic ring is 1. The van der Waals surface area contributed by atoms with Gasteiger partial charge in [-0.05, 0) is 36.3 Å². The van der Waals surface area contributed by atoms with Crippen LogP contribution >= 0.6 is 12.2 Å². The number of nitrogens with zero attached hydrogens (tertiary/aromatic N) is 1. The van der Waals surface area contributed by atoms with Crippen LogP contribution in [0.4, 0.5) is 5.69 Å². The first-order valence-corrected chi connectivity index (χ1v) is 5.03. The molecule has 0 atom stereocenters. The molecule has 0 spiro atoms. The Labute approximate surface area is 92.1 Å². The molecular weight excluding hydrogens is 210 g/mol. The first-order valence-electron chi connectivity index (χ1n) is 4.63. The third-order valence-corrected chi connectivity index (χ3v) is 2.24. The average molecular weight is 221 g/mol. The molecule has 0 saturated carbocycles. The van der Waals surface area contributed by atoms with Gasteiger partial charge < -0.3 is 10.2 Å². The van der Waals surface area contributed by atoms with E-state index in [4.69, 9.17) is 22.4 Å². The summed E-state index contributed by atoms with van der Waals surface area (Å²) in [6.07, 6.45) is 1.56. The Morgan fingerprint density at radius 1 is 1.40 bits per heavy atom. The van der Waals surface area contributed by atoms with E-state index in [-0.39, 0.29) is 0 Å². The van der Waals surface area contributed by atoms with Crippen molar-refractivity contribution < 1.29 is 4.42 Å². The largest absolute Gasteiger partial charge is 0.414 e. The van der Waals surface area contributed by atoms with Crippen molar-refractivity contribution in [3.8, 4) is 0 Å². The minimum Gasteiger partial charge on any atom is -0.414 e. The van der Waals surface area contributed by atoms with Gasteiger partial charge in [-0.25, -0.2) is 5.10 Å². The molecule has 0 aliphatic carbocycles. The summed E-state index contributed by atoms with van der Waals surface area (Å²) in [7, 11) is 0. The summed E-state index contributed by atoms with van der Waals surface area (Å²) in [6, 6.07) is 7.77. The molecule has 0 aliphatic rings. The molecule has 0 fully saturated rings. The van der Waals surface area contributed by atoms with Crippen molar-refractivity contribution in [3.05, 3.63) is 40.6 Å². The zero-order valence-corrected chi connectivity index (χ0v) is 8.88. The lowest BCUT2D eigenvalue weighted by Crippen LogP contribution is -1.93. The lowest BCUT2D eigenvalue weighted by Gasteiger charge is -1.99. The molecule has 0 aliphatic heterocycles. The van der Waals surface area contributed by atoms with E-state index in [1.165, 1.54) is 5.56 Å². The number of aromatic nitrogens is 2. The van der Waals surface area contributed by atoms with Gasteiger partial charge in [0.2, 0.25) is 5.89 Å². The Kier molecular flexibility index (Phi) is 2.82. The van der Waals surface area contributed by atoms with E-state index < -0.39 is 0 Å². The van der Waals surface area contributed by atoms with Gasteiger partial charge in [0.05, 0.1) is 0 Å². The van der Waals surface area contributed by atoms with Crippen molar-refractivity contribution in [2.24, 2.45) is 0 Å². The standard InChI is InChI=1S/C10H11N3OS/c11-8-3-1-2-7(6-8)4-5-9-12-13-10(15)14-9/h1-3,6H,4-5,11H2,(H,13,15). The van der Waals surface area contributed by atoms with Gasteiger partial charge in [-0.3, -0.25) is 0 Å². The van der Waals surface area contributed by atoms with E-state index in [1.54, 1.807) is 0 Å². The summed E-state index contributed by atoms with van der Waals surface area (Å²) in [5, 5.41) is 6.52. The van der Waals surface area contributed by atoms with Gasteiger partial charge in [0.25, 0.3) is 4.84 Å². The number of aryl methyl sites for hydroxylation is 2. The maximum atomic E-state index is 5.67. The number of H-pyrrole nitrogens is 1. The molecule has 0 saturated heterocycles. The highest BCUT2D eigenvalue weighted by molar-refractivity contribution is 7.71. The molecular formula is C10H11N3OS. The molecule has 0 unspecified atom stereocenters. The van der Waals surface area contributed by atoms with E-state index in [1.807, 2.05) is 24.3 Å². The van der Waals surface area contributed by atoms with Gasteiger partial charge in [0, 0.05) is 12.1 Å². The van der Waals surface area contributed by atoms with Gasteiger partial charge in [-0.1, -0.05) is 12.1 Å². The van der Waals surface area contributed by atoms with Crippen LogP contribution in [0.1, 0.15) is 11.5 Å². The Bertz CT molecular complexity index is 503. The number of nitrogens with one attached hydrogen (secondary N) is 1. The van der Waals surface area contributed by atoms with Crippen molar-refractivity contribution in [3.63, 3.8) is 0 Å². The fraction of sp³-hybridized carbons (Fsp3) is 0.200. The molecule has 2 aromatic rings. The predicted molar refractivity (Wildman–Crippen MR) is 60.0 cm³/mol. The van der Waals surface area contributed by atoms with E-state index in [0.717, 1.165) is 18.5 Å². The Morgan fingerprint density at radius 3 is 2.93 bits per heavy atom. The van der Waals surface area contributed by atoms with E-state index in [9.17, 15) is 0 Å². The highest BCUT2D eigenvalue weighted by atomic mass is 32.1. The second-order valence-electron chi connectivity index (χ2n) is 3.25. The lowest BCUT2D eigenvalue weighted by atomic mass is 10.1. The number of benzene rings is 1. The molecule has 0 amide bonds. The van der Waals surface area contributed by atoms with Crippen molar-refractivity contribution in [1.29, 1.82) is 0 Å². The molecule has 4 nitrogen and oxygen atoms in total. The van der Waals surface area contributed by atoms with Crippen molar-refractivity contribution in [2.75, 3.05) is 5.73 Å². The van der Waals surface area contributed by atoms with Gasteiger partial charge in [0.15, 0.2) is 0 Å². The summed E-state index contributed by atoms with van der Waals surface area (Å²) in [6.45, 7) is 0. The second-order valence-corrected chi connectivity index (χ2v) is 3.62. The monoisotopic (exact) mass is 221 g/mol. The normalized spacial score (nSPS) is 10.4. The Hall–Kier alpha value is -1.62. The first-order chi connectivity index (χ1) is 7.24. The van der Waals surface area contributed by atoms with Crippen LogP contribution in [0.5, 0.6) is 0 Å². The molecule has 78 valence electrons. The Balaban J connectivity index is 2.02. The molecule has 3 N–H and O–H groups in total. The molecule has 2 rings (SSSR count). The van der Waals surface area contributed by atoms with E-state index in [2.05, 4.69) is 10.2 Å². The van der Waals surface area contributed by atoms with Crippen LogP contribution in [-0.2, 0) is 12.8 Å². The fourth-order valence-corrected chi connectivity index (χ4v) is 1.51. The van der Waals surface area contributed by atoms with Crippen LogP contribution in [0.3, 0.4) is 0 Å². The number of hydrogen-bond donors (Lipinski definition) is 2. The molecule has 5 heteroatoms. The number of hydrogen-bond acceptors (Lipinski definition) is 4. The SMILES string of the molecule is Nc1cccc(CCc2n[nH]c(=S)o2)c1. The number of rotatable bonds is 3. The molecule has 1 aromatic carbocycles. The summed E-state index contributed by atoms with van der Waals surface area (Å²) >= 11 is 4.78. The fourth-order valence-electron chi connectivity index (χ4n) is 1.37. The quantitative estimate of drug-likeness (QED) is 0.615. The summed E-state index contributed by atoms with van der Waals surface area (Å²) in [5.74, 6) is 0.627. The van der Waals surface area contributed by atoms with Gasteiger partial charge in [0.1, 0.15) is 0 Å². The third-order valence-electron chi connectivity index (χ3n) is 2.06. The van der Waals surface area contributed by atoms with Crippen molar-refractivity contribution in [1.82, 2.24) is 10.2 Å². The molecule has 15 heavy (non-hydrogen) atoms. The first kappa shape index (κ1) is 9.92.